The van der Waals surface area contributed by atoms with Crippen molar-refractivity contribution in [2.24, 2.45) is 5.92 Å². The first-order valence-corrected chi connectivity index (χ1v) is 6.63. The second kappa shape index (κ2) is 6.02. The quantitative estimate of drug-likeness (QED) is 0.882. The summed E-state index contributed by atoms with van der Waals surface area (Å²) in [5.74, 6) is 0.285. The Hall–Kier alpha value is -1.62. The molecule has 1 N–H and O–H groups in total. The number of carbonyl (C=O) groups is 1. The first-order chi connectivity index (χ1) is 9.08. The number of hydrogen-bond donors (Lipinski definition) is 1. The van der Waals surface area contributed by atoms with Crippen LogP contribution in [0, 0.1) is 5.92 Å². The van der Waals surface area contributed by atoms with E-state index in [0.29, 0.717) is 31.2 Å². The molecule has 0 radical (unpaired) electrons. The van der Waals surface area contributed by atoms with E-state index in [4.69, 9.17) is 4.74 Å². The van der Waals surface area contributed by atoms with E-state index in [0.717, 1.165) is 6.42 Å². The number of nitrogens with zero attached hydrogens (tertiary/aromatic N) is 2. The normalized spacial score (nSPS) is 20.4. The number of hydrogen-bond acceptors (Lipinski definition) is 4. The van der Waals surface area contributed by atoms with E-state index in [9.17, 15) is 9.90 Å². The van der Waals surface area contributed by atoms with Crippen LogP contribution in [0.3, 0.4) is 0 Å². The van der Waals surface area contributed by atoms with E-state index < -0.39 is 0 Å². The number of ether oxygens (including phenoxy) is 1. The van der Waals surface area contributed by atoms with Gasteiger partial charge < -0.3 is 14.7 Å². The van der Waals surface area contributed by atoms with E-state index in [-0.39, 0.29) is 17.8 Å². The number of rotatable bonds is 2. The van der Waals surface area contributed by atoms with Crippen molar-refractivity contribution in [3.63, 3.8) is 0 Å². The first kappa shape index (κ1) is 13.8. The molecule has 5 nitrogen and oxygen atoms in total. The number of aromatic nitrogens is 1. The smallest absolute Gasteiger partial charge is 0.255 e. The topological polar surface area (TPSA) is 62.7 Å². The summed E-state index contributed by atoms with van der Waals surface area (Å²) in [5, 5.41) is 9.40. The first-order valence-electron chi connectivity index (χ1n) is 6.63. The summed E-state index contributed by atoms with van der Waals surface area (Å²) in [6, 6.07) is 1.45. The molecular formula is C14H20N2O3. The van der Waals surface area contributed by atoms with Gasteiger partial charge in [0.05, 0.1) is 17.9 Å². The van der Waals surface area contributed by atoms with Crippen LogP contribution in [0.15, 0.2) is 18.5 Å². The Morgan fingerprint density at radius 1 is 1.53 bits per heavy atom. The van der Waals surface area contributed by atoms with Gasteiger partial charge >= 0.3 is 0 Å². The zero-order valence-corrected chi connectivity index (χ0v) is 11.4. The van der Waals surface area contributed by atoms with Crippen LogP contribution in [0.25, 0.3) is 0 Å². The Morgan fingerprint density at radius 3 is 3.00 bits per heavy atom. The highest BCUT2D eigenvalue weighted by Gasteiger charge is 2.25. The van der Waals surface area contributed by atoms with Gasteiger partial charge in [0.2, 0.25) is 0 Å². The van der Waals surface area contributed by atoms with Crippen LogP contribution in [-0.4, -0.2) is 46.7 Å². The summed E-state index contributed by atoms with van der Waals surface area (Å²) in [7, 11) is 0. The van der Waals surface area contributed by atoms with Crippen LogP contribution < -0.4 is 0 Å². The lowest BCUT2D eigenvalue weighted by atomic mass is 10.1. The van der Waals surface area contributed by atoms with Gasteiger partial charge in [-0.05, 0) is 18.4 Å². The minimum atomic E-state index is -0.0976. The van der Waals surface area contributed by atoms with Crippen molar-refractivity contribution >= 4 is 5.91 Å². The van der Waals surface area contributed by atoms with Gasteiger partial charge in [-0.3, -0.25) is 9.78 Å². The lowest BCUT2D eigenvalue weighted by Crippen LogP contribution is -2.38. The molecule has 1 aliphatic heterocycles. The fraction of sp³-hybridized carbons (Fsp3) is 0.571. The zero-order chi connectivity index (χ0) is 13.8. The van der Waals surface area contributed by atoms with Gasteiger partial charge in [0, 0.05) is 25.9 Å². The highest BCUT2D eigenvalue weighted by atomic mass is 16.5. The molecule has 5 heteroatoms. The fourth-order valence-electron chi connectivity index (χ4n) is 2.17. The molecule has 19 heavy (non-hydrogen) atoms. The van der Waals surface area contributed by atoms with Crippen LogP contribution in [0.5, 0.6) is 5.75 Å². The number of pyridine rings is 1. The van der Waals surface area contributed by atoms with Crippen LogP contribution >= 0.6 is 0 Å². The third kappa shape index (κ3) is 3.44. The van der Waals surface area contributed by atoms with Crippen molar-refractivity contribution in [1.29, 1.82) is 0 Å². The van der Waals surface area contributed by atoms with Crippen LogP contribution in [0.2, 0.25) is 0 Å². The second-order valence-electron chi connectivity index (χ2n) is 5.19. The summed E-state index contributed by atoms with van der Waals surface area (Å²) in [4.78, 5) is 18.0. The molecule has 2 rings (SSSR count). The number of aromatic hydroxyl groups is 1. The van der Waals surface area contributed by atoms with Crippen LogP contribution in [0.1, 0.15) is 30.6 Å². The van der Waals surface area contributed by atoms with Crippen molar-refractivity contribution in [1.82, 2.24) is 9.88 Å². The molecule has 0 saturated carbocycles. The lowest BCUT2D eigenvalue weighted by Gasteiger charge is -2.26. The zero-order valence-electron chi connectivity index (χ0n) is 11.4. The van der Waals surface area contributed by atoms with E-state index in [2.05, 4.69) is 18.8 Å². The molecule has 1 atom stereocenters. The van der Waals surface area contributed by atoms with Gasteiger partial charge in [0.1, 0.15) is 5.75 Å². The largest absolute Gasteiger partial charge is 0.506 e. The molecule has 1 aromatic rings. The molecule has 0 aromatic carbocycles. The average molecular weight is 264 g/mol. The van der Waals surface area contributed by atoms with Crippen LogP contribution in [0.4, 0.5) is 0 Å². The van der Waals surface area contributed by atoms with Gasteiger partial charge in [-0.15, -0.1) is 0 Å². The summed E-state index contributed by atoms with van der Waals surface area (Å²) in [6.07, 6.45) is 3.70. The van der Waals surface area contributed by atoms with Gasteiger partial charge in [-0.2, -0.15) is 0 Å². The molecular weight excluding hydrogens is 244 g/mol. The molecule has 1 amide bonds. The predicted molar refractivity (Wildman–Crippen MR) is 71.0 cm³/mol. The van der Waals surface area contributed by atoms with E-state index in [1.807, 2.05) is 0 Å². The highest BCUT2D eigenvalue weighted by molar-refractivity contribution is 5.94. The lowest BCUT2D eigenvalue weighted by molar-refractivity contribution is 0.0222. The van der Waals surface area contributed by atoms with E-state index >= 15 is 0 Å². The highest BCUT2D eigenvalue weighted by Crippen LogP contribution is 2.17. The minimum absolute atomic E-state index is 0.0114. The molecule has 2 heterocycles. The van der Waals surface area contributed by atoms with Crippen molar-refractivity contribution in [3.05, 3.63) is 24.0 Å². The molecule has 1 aliphatic rings. The van der Waals surface area contributed by atoms with Gasteiger partial charge in [0.25, 0.3) is 5.91 Å². The average Bonchev–Trinajstić information content (AvgIpc) is 2.63. The molecule has 1 fully saturated rings. The number of carbonyl (C=O) groups excluding carboxylic acids is 1. The van der Waals surface area contributed by atoms with Crippen LogP contribution in [-0.2, 0) is 4.74 Å². The van der Waals surface area contributed by atoms with Crippen molar-refractivity contribution in [3.8, 4) is 5.75 Å². The summed E-state index contributed by atoms with van der Waals surface area (Å²) in [5.41, 5.74) is 0.421. The molecule has 1 unspecified atom stereocenters. The van der Waals surface area contributed by atoms with Crippen molar-refractivity contribution in [2.45, 2.75) is 26.4 Å². The maximum absolute atomic E-state index is 12.4. The third-order valence-corrected chi connectivity index (χ3v) is 3.31. The minimum Gasteiger partial charge on any atom is -0.506 e. The van der Waals surface area contributed by atoms with E-state index in [1.54, 1.807) is 4.90 Å². The molecule has 104 valence electrons. The second-order valence-corrected chi connectivity index (χ2v) is 5.19. The fourth-order valence-corrected chi connectivity index (χ4v) is 2.17. The summed E-state index contributed by atoms with van der Waals surface area (Å²) >= 11 is 0. The Bertz CT molecular complexity index is 448. The third-order valence-electron chi connectivity index (χ3n) is 3.31. The van der Waals surface area contributed by atoms with Crippen molar-refractivity contribution in [2.75, 3.05) is 19.7 Å². The van der Waals surface area contributed by atoms with Gasteiger partial charge in [-0.25, -0.2) is 0 Å². The van der Waals surface area contributed by atoms with E-state index in [1.165, 1.54) is 18.5 Å². The molecule has 0 aliphatic carbocycles. The monoisotopic (exact) mass is 264 g/mol. The Labute approximate surface area is 113 Å². The Balaban J connectivity index is 2.13. The molecule has 0 spiro atoms. The molecule has 1 aromatic heterocycles. The van der Waals surface area contributed by atoms with Crippen molar-refractivity contribution < 1.29 is 14.6 Å². The van der Waals surface area contributed by atoms with Gasteiger partial charge in [0.15, 0.2) is 0 Å². The summed E-state index contributed by atoms with van der Waals surface area (Å²) < 4.78 is 5.75. The molecule has 0 bridgehead atoms. The maximum atomic E-state index is 12.4. The van der Waals surface area contributed by atoms with Gasteiger partial charge in [-0.1, -0.05) is 13.8 Å². The maximum Gasteiger partial charge on any atom is 0.255 e. The molecule has 1 saturated heterocycles. The number of amides is 1. The Morgan fingerprint density at radius 2 is 2.32 bits per heavy atom. The summed E-state index contributed by atoms with van der Waals surface area (Å²) in [6.45, 7) is 6.14. The standard InChI is InChI=1S/C14H20N2O3/c1-10(2)13-9-16(4-3-5-19-13)14(18)11-6-12(17)8-15-7-11/h6-8,10,13,17H,3-5,9H2,1-2H3. The Kier molecular flexibility index (Phi) is 4.37. The SMILES string of the molecule is CC(C)C1CN(C(=O)c2cncc(O)c2)CCCO1. The predicted octanol–water partition coefficient (Wildman–Crippen LogP) is 1.67.